The Morgan fingerprint density at radius 3 is 2.21 bits per heavy atom. The summed E-state index contributed by atoms with van der Waals surface area (Å²) < 4.78 is 5.44. The Hall–Kier alpha value is -2.67. The van der Waals surface area contributed by atoms with E-state index in [1.165, 1.54) is 17.4 Å². The molecule has 2 rings (SSSR count). The van der Waals surface area contributed by atoms with Gasteiger partial charge < -0.3 is 19.9 Å². The summed E-state index contributed by atoms with van der Waals surface area (Å²) in [7, 11) is 1.62. The Labute approximate surface area is 172 Å². The lowest BCUT2D eigenvalue weighted by atomic mass is 10.1. The number of hydrogen-bond acceptors (Lipinski definition) is 5. The summed E-state index contributed by atoms with van der Waals surface area (Å²) in [5.74, 6) is -0.476. The molecule has 0 radical (unpaired) electrons. The van der Waals surface area contributed by atoms with Crippen molar-refractivity contribution in [2.24, 2.45) is 5.92 Å². The predicted molar refractivity (Wildman–Crippen MR) is 111 cm³/mol. The second-order valence-corrected chi connectivity index (χ2v) is 7.62. The van der Waals surface area contributed by atoms with Crippen molar-refractivity contribution >= 4 is 11.9 Å². The first-order chi connectivity index (χ1) is 13.6. The van der Waals surface area contributed by atoms with Crippen molar-refractivity contribution in [2.45, 2.75) is 59.4 Å². The highest BCUT2D eigenvalue weighted by molar-refractivity contribution is 5.73. The van der Waals surface area contributed by atoms with Gasteiger partial charge in [-0.1, -0.05) is 43.2 Å². The van der Waals surface area contributed by atoms with Crippen molar-refractivity contribution in [3.63, 3.8) is 0 Å². The average Bonchev–Trinajstić information content (AvgIpc) is 3.04. The fraction of sp³-hybridized carbons (Fsp3) is 0.500. The minimum Gasteiger partial charge on any atom is -0.481 e. The second kappa shape index (κ2) is 12.0. The van der Waals surface area contributed by atoms with E-state index in [2.05, 4.69) is 42.3 Å². The van der Waals surface area contributed by atoms with Crippen LogP contribution >= 0.6 is 0 Å². The van der Waals surface area contributed by atoms with Gasteiger partial charge in [0.1, 0.15) is 12.3 Å². The minimum absolute atomic E-state index is 0.303. The van der Waals surface area contributed by atoms with Gasteiger partial charge in [-0.2, -0.15) is 0 Å². The first-order valence-corrected chi connectivity index (χ1v) is 9.73. The van der Waals surface area contributed by atoms with Crippen molar-refractivity contribution in [1.29, 1.82) is 0 Å². The number of oxazole rings is 1. The molecule has 0 amide bonds. The average molecular weight is 405 g/mol. The molecule has 1 aromatic heterocycles. The topological polar surface area (TPSA) is 113 Å². The number of carboxylic acid groups (broad SMARTS) is 2. The molecule has 3 N–H and O–H groups in total. The van der Waals surface area contributed by atoms with Crippen molar-refractivity contribution in [2.75, 3.05) is 7.05 Å². The van der Waals surface area contributed by atoms with Crippen molar-refractivity contribution in [3.05, 3.63) is 52.7 Å². The maximum Gasteiger partial charge on any atom is 0.321 e. The number of benzene rings is 1. The molecular weight excluding hydrogens is 372 g/mol. The van der Waals surface area contributed by atoms with Gasteiger partial charge in [0, 0.05) is 19.3 Å². The van der Waals surface area contributed by atoms with Gasteiger partial charge in [0.25, 0.3) is 0 Å². The summed E-state index contributed by atoms with van der Waals surface area (Å²) in [6.07, 6.45) is 3.54. The molecule has 0 saturated heterocycles. The van der Waals surface area contributed by atoms with E-state index in [4.69, 9.17) is 14.6 Å². The summed E-state index contributed by atoms with van der Waals surface area (Å²) in [6.45, 7) is 8.15. The van der Waals surface area contributed by atoms with Gasteiger partial charge in [-0.3, -0.25) is 9.59 Å². The van der Waals surface area contributed by atoms with Crippen LogP contribution in [-0.4, -0.2) is 40.2 Å². The molecule has 160 valence electrons. The molecule has 0 spiro atoms. The van der Waals surface area contributed by atoms with Crippen LogP contribution in [0.4, 0.5) is 0 Å². The highest BCUT2D eigenvalue weighted by atomic mass is 16.4. The van der Waals surface area contributed by atoms with E-state index in [-0.39, 0.29) is 0 Å². The second-order valence-electron chi connectivity index (χ2n) is 7.62. The van der Waals surface area contributed by atoms with E-state index in [9.17, 15) is 9.59 Å². The largest absolute Gasteiger partial charge is 0.481 e. The van der Waals surface area contributed by atoms with E-state index < -0.39 is 18.0 Å². The normalized spacial score (nSPS) is 11.7. The lowest BCUT2D eigenvalue weighted by molar-refractivity contribution is -0.139. The summed E-state index contributed by atoms with van der Waals surface area (Å²) in [4.78, 5) is 25.3. The standard InChI is InChI=1S/C16H20N2O3.C6H12O2/c1-10-4-11(2)6-12(5-10)7-15-18-13(9-21-15)8-14(17-3)16(19)20;1-5(2)3-4-6(7)8/h4-6,9,14,17H,7-8H2,1-3H3,(H,19,20);5H,3-4H2,1-2H3,(H,7,8). The SMILES string of the molecule is CC(C)CCC(=O)O.CNC(Cc1coc(Cc2cc(C)cc(C)c2)n1)C(=O)O. The van der Waals surface area contributed by atoms with E-state index in [0.717, 1.165) is 12.0 Å². The summed E-state index contributed by atoms with van der Waals surface area (Å²) in [5, 5.41) is 19.9. The highest BCUT2D eigenvalue weighted by Gasteiger charge is 2.17. The summed E-state index contributed by atoms with van der Waals surface area (Å²) in [5.41, 5.74) is 4.20. The lowest BCUT2D eigenvalue weighted by Crippen LogP contribution is -2.35. The molecule has 0 aliphatic carbocycles. The molecule has 0 saturated carbocycles. The molecule has 7 heteroatoms. The zero-order valence-corrected chi connectivity index (χ0v) is 17.9. The molecule has 0 aliphatic rings. The van der Waals surface area contributed by atoms with Crippen LogP contribution in [0.5, 0.6) is 0 Å². The molecular formula is C22H32N2O5. The fourth-order valence-electron chi connectivity index (χ4n) is 2.80. The number of aromatic nitrogens is 1. The van der Waals surface area contributed by atoms with E-state index in [0.29, 0.717) is 36.8 Å². The van der Waals surface area contributed by atoms with Gasteiger partial charge in [-0.25, -0.2) is 4.98 Å². The van der Waals surface area contributed by atoms with E-state index >= 15 is 0 Å². The fourth-order valence-corrected chi connectivity index (χ4v) is 2.80. The third kappa shape index (κ3) is 9.89. The Morgan fingerprint density at radius 2 is 1.76 bits per heavy atom. The first kappa shape index (κ1) is 24.4. The minimum atomic E-state index is -0.892. The Kier molecular flexibility index (Phi) is 10.1. The van der Waals surface area contributed by atoms with Gasteiger partial charge >= 0.3 is 11.9 Å². The lowest BCUT2D eigenvalue weighted by Gasteiger charge is -2.07. The number of likely N-dealkylation sites (N-methyl/N-ethyl adjacent to an activating group) is 1. The van der Waals surface area contributed by atoms with Gasteiger partial charge in [0.15, 0.2) is 5.89 Å². The van der Waals surface area contributed by atoms with Crippen LogP contribution in [0.1, 0.15) is 55.0 Å². The van der Waals surface area contributed by atoms with Crippen LogP contribution in [-0.2, 0) is 22.4 Å². The number of nitrogens with one attached hydrogen (secondary N) is 1. The maximum atomic E-state index is 11.0. The number of aliphatic carboxylic acids is 2. The smallest absolute Gasteiger partial charge is 0.321 e. The predicted octanol–water partition coefficient (Wildman–Crippen LogP) is 3.60. The third-order valence-electron chi connectivity index (χ3n) is 4.23. The molecule has 1 heterocycles. The molecule has 29 heavy (non-hydrogen) atoms. The molecule has 1 atom stereocenters. The van der Waals surface area contributed by atoms with Crippen LogP contribution < -0.4 is 5.32 Å². The molecule has 0 bridgehead atoms. The number of nitrogens with zero attached hydrogens (tertiary/aromatic N) is 1. The number of aryl methyl sites for hydroxylation is 2. The Bertz CT molecular complexity index is 778. The molecule has 0 fully saturated rings. The van der Waals surface area contributed by atoms with Gasteiger partial charge in [-0.15, -0.1) is 0 Å². The van der Waals surface area contributed by atoms with Crippen LogP contribution in [0, 0.1) is 19.8 Å². The van der Waals surface area contributed by atoms with Crippen molar-refractivity contribution in [1.82, 2.24) is 10.3 Å². The molecule has 1 unspecified atom stereocenters. The molecule has 1 aromatic carbocycles. The molecule has 2 aromatic rings. The monoisotopic (exact) mass is 404 g/mol. The number of carboxylic acids is 2. The zero-order chi connectivity index (χ0) is 22.0. The quantitative estimate of drug-likeness (QED) is 0.585. The highest BCUT2D eigenvalue weighted by Crippen LogP contribution is 2.14. The van der Waals surface area contributed by atoms with E-state index in [1.54, 1.807) is 7.05 Å². The van der Waals surface area contributed by atoms with Crippen LogP contribution in [0.3, 0.4) is 0 Å². The number of rotatable bonds is 9. The van der Waals surface area contributed by atoms with Crippen molar-refractivity contribution in [3.8, 4) is 0 Å². The van der Waals surface area contributed by atoms with Gasteiger partial charge in [-0.05, 0) is 38.8 Å². The number of hydrogen-bond donors (Lipinski definition) is 3. The molecule has 0 aliphatic heterocycles. The number of carbonyl (C=O) groups is 2. The Morgan fingerprint density at radius 1 is 1.14 bits per heavy atom. The zero-order valence-electron chi connectivity index (χ0n) is 17.9. The van der Waals surface area contributed by atoms with Crippen LogP contribution in [0.2, 0.25) is 0 Å². The Balaban J connectivity index is 0.000000447. The van der Waals surface area contributed by atoms with Crippen LogP contribution in [0.15, 0.2) is 28.9 Å². The van der Waals surface area contributed by atoms with Gasteiger partial charge in [0.2, 0.25) is 0 Å². The van der Waals surface area contributed by atoms with E-state index in [1.807, 2.05) is 13.8 Å². The maximum absolute atomic E-state index is 11.0. The third-order valence-corrected chi connectivity index (χ3v) is 4.23. The molecule has 7 nitrogen and oxygen atoms in total. The first-order valence-electron chi connectivity index (χ1n) is 9.73. The van der Waals surface area contributed by atoms with Crippen LogP contribution in [0.25, 0.3) is 0 Å². The van der Waals surface area contributed by atoms with Crippen molar-refractivity contribution < 1.29 is 24.2 Å². The summed E-state index contributed by atoms with van der Waals surface area (Å²) in [6, 6.07) is 5.67. The summed E-state index contributed by atoms with van der Waals surface area (Å²) >= 11 is 0. The van der Waals surface area contributed by atoms with Gasteiger partial charge in [0.05, 0.1) is 5.69 Å².